The molecule has 0 aromatic heterocycles. The molecule has 0 spiro atoms. The molecule has 1 saturated heterocycles. The topological polar surface area (TPSA) is 38.3 Å². The van der Waals surface area contributed by atoms with Gasteiger partial charge in [0.2, 0.25) is 5.91 Å². The molecule has 2 heterocycles. The van der Waals surface area contributed by atoms with Crippen LogP contribution in [0, 0.1) is 5.92 Å². The first-order valence-electron chi connectivity index (χ1n) is 15.1. The molecule has 0 bridgehead atoms. The molecule has 38 heavy (non-hydrogen) atoms. The van der Waals surface area contributed by atoms with E-state index in [1.165, 1.54) is 80.2 Å². The predicted octanol–water partition coefficient (Wildman–Crippen LogP) is 4.14. The zero-order chi connectivity index (χ0) is 25.8. The number of nitrogens with zero attached hydrogens (tertiary/aromatic N) is 1. The lowest BCUT2D eigenvalue weighted by molar-refractivity contribution is -0.917. The van der Waals surface area contributed by atoms with Gasteiger partial charge in [0, 0.05) is 35.9 Å². The quantitative estimate of drug-likeness (QED) is 0.385. The van der Waals surface area contributed by atoms with Gasteiger partial charge in [-0.15, -0.1) is 0 Å². The Hall–Kier alpha value is -1.60. The van der Waals surface area contributed by atoms with E-state index in [4.69, 9.17) is 4.74 Å². The molecule has 0 unspecified atom stereocenters. The highest BCUT2D eigenvalue weighted by Crippen LogP contribution is 2.45. The van der Waals surface area contributed by atoms with E-state index in [1.807, 2.05) is 12.1 Å². The number of fused-ring (bicyclic) bond motifs is 2. The number of piperidine rings is 1. The van der Waals surface area contributed by atoms with Crippen molar-refractivity contribution in [3.63, 3.8) is 0 Å². The van der Waals surface area contributed by atoms with Crippen LogP contribution in [-0.2, 0) is 17.6 Å². The van der Waals surface area contributed by atoms with E-state index >= 15 is 0 Å². The van der Waals surface area contributed by atoms with Crippen molar-refractivity contribution < 1.29 is 38.0 Å². The van der Waals surface area contributed by atoms with Gasteiger partial charge in [0.1, 0.15) is 11.5 Å². The smallest absolute Gasteiger partial charge is 0.232 e. The van der Waals surface area contributed by atoms with Crippen LogP contribution in [0.15, 0.2) is 36.4 Å². The molecule has 2 fully saturated rings. The third-order valence-electron chi connectivity index (χ3n) is 9.37. The van der Waals surface area contributed by atoms with Crippen LogP contribution in [0.4, 0.5) is 0 Å². The lowest BCUT2D eigenvalue weighted by atomic mass is 9.84. The second-order valence-corrected chi connectivity index (χ2v) is 12.2. The van der Waals surface area contributed by atoms with Gasteiger partial charge in [-0.3, -0.25) is 4.79 Å². The van der Waals surface area contributed by atoms with Crippen LogP contribution < -0.4 is 34.0 Å². The Morgan fingerprint density at radius 2 is 1.37 bits per heavy atom. The zero-order valence-electron chi connectivity index (χ0n) is 23.7. The first-order valence-corrected chi connectivity index (χ1v) is 15.1. The molecule has 1 aliphatic carbocycles. The molecule has 1 saturated carbocycles. The number of quaternary nitrogens is 1. The lowest BCUT2D eigenvalue weighted by Crippen LogP contribution is -3.00. The van der Waals surface area contributed by atoms with Crippen molar-refractivity contribution in [2.75, 3.05) is 26.7 Å². The number of rotatable bonds is 6. The van der Waals surface area contributed by atoms with Crippen molar-refractivity contribution in [1.29, 1.82) is 0 Å². The summed E-state index contributed by atoms with van der Waals surface area (Å²) < 4.78 is 7.46. The summed E-state index contributed by atoms with van der Waals surface area (Å²) in [6, 6.07) is 13.0. The number of halogens is 1. The standard InChI is InChI=1S/C33H46N2O2.HI/c1-4-24-13-15-30-28(21-24)32(29-22-25(5-2)14-16-31(29)37-30)33(36)34-27-17-19-35(3,20-18-27)23-26-11-9-7-6-8-10-12-26;/h13-16,21-22,26-27,32H,4-12,17-20,23H2,1-3H3;1H. The first-order chi connectivity index (χ1) is 18.0. The number of carbonyl (C=O) groups is 1. The number of likely N-dealkylation sites (tertiary alicyclic amines) is 1. The molecule has 0 radical (unpaired) electrons. The Balaban J connectivity index is 0.00000336. The highest BCUT2D eigenvalue weighted by molar-refractivity contribution is 5.90. The minimum atomic E-state index is -0.311. The maximum atomic E-state index is 14.0. The van der Waals surface area contributed by atoms with Crippen molar-refractivity contribution in [3.05, 3.63) is 58.7 Å². The highest BCUT2D eigenvalue weighted by Gasteiger charge is 2.37. The Kier molecular flexibility index (Phi) is 10.2. The zero-order valence-corrected chi connectivity index (χ0v) is 25.9. The minimum Gasteiger partial charge on any atom is -1.00 e. The highest BCUT2D eigenvalue weighted by atomic mass is 127. The van der Waals surface area contributed by atoms with Gasteiger partial charge >= 0.3 is 0 Å². The number of carbonyl (C=O) groups excluding carboxylic acids is 1. The van der Waals surface area contributed by atoms with Crippen molar-refractivity contribution in [1.82, 2.24) is 5.32 Å². The van der Waals surface area contributed by atoms with Crippen molar-refractivity contribution in [2.24, 2.45) is 5.92 Å². The molecule has 1 N–H and O–H groups in total. The lowest BCUT2D eigenvalue weighted by Gasteiger charge is -2.43. The van der Waals surface area contributed by atoms with E-state index in [9.17, 15) is 4.79 Å². The first kappa shape index (κ1) is 29.4. The Bertz CT molecular complexity index is 1030. The Morgan fingerprint density at radius 3 is 1.89 bits per heavy atom. The van der Waals surface area contributed by atoms with E-state index in [2.05, 4.69) is 50.5 Å². The van der Waals surface area contributed by atoms with Gasteiger partial charge in [0.15, 0.2) is 0 Å². The third-order valence-corrected chi connectivity index (χ3v) is 9.37. The third kappa shape index (κ3) is 6.75. The van der Waals surface area contributed by atoms with Crippen molar-refractivity contribution >= 4 is 5.91 Å². The Morgan fingerprint density at radius 1 is 0.842 bits per heavy atom. The van der Waals surface area contributed by atoms with Crippen LogP contribution >= 0.6 is 0 Å². The van der Waals surface area contributed by atoms with Crippen LogP contribution in [-0.4, -0.2) is 43.1 Å². The monoisotopic (exact) mass is 630 g/mol. The number of hydrogen-bond acceptors (Lipinski definition) is 2. The molecular formula is C33H47IN2O2. The molecule has 5 heteroatoms. The number of hydrogen-bond donors (Lipinski definition) is 1. The SMILES string of the molecule is CCc1ccc2c(c1)C(C(=O)NC1CC[N+](C)(CC3CCCCCCC3)CC1)c1cc(CC)ccc1O2.[I-]. The number of ether oxygens (including phenoxy) is 1. The van der Waals surface area contributed by atoms with Gasteiger partial charge in [-0.1, -0.05) is 70.2 Å². The Labute approximate surface area is 247 Å². The molecule has 1 amide bonds. The molecule has 0 atom stereocenters. The van der Waals surface area contributed by atoms with Crippen LogP contribution in [0.1, 0.15) is 99.8 Å². The van der Waals surface area contributed by atoms with Gasteiger partial charge in [0.25, 0.3) is 0 Å². The molecule has 2 aromatic rings. The van der Waals surface area contributed by atoms with Crippen LogP contribution in [0.25, 0.3) is 0 Å². The average molecular weight is 631 g/mol. The van der Waals surface area contributed by atoms with Crippen molar-refractivity contribution in [3.8, 4) is 11.5 Å². The van der Waals surface area contributed by atoms with Gasteiger partial charge < -0.3 is 38.5 Å². The number of nitrogens with one attached hydrogen (secondary N) is 1. The summed E-state index contributed by atoms with van der Waals surface area (Å²) in [5.41, 5.74) is 4.52. The molecular weight excluding hydrogens is 583 g/mol. The van der Waals surface area contributed by atoms with Gasteiger partial charge in [0.05, 0.1) is 32.6 Å². The molecule has 4 nitrogen and oxygen atoms in total. The summed E-state index contributed by atoms with van der Waals surface area (Å²) in [5.74, 6) is 2.34. The van der Waals surface area contributed by atoms with Gasteiger partial charge in [-0.05, 0) is 48.9 Å². The van der Waals surface area contributed by atoms with Crippen LogP contribution in [0.3, 0.4) is 0 Å². The number of aryl methyl sites for hydroxylation is 2. The van der Waals surface area contributed by atoms with E-state index in [1.54, 1.807) is 0 Å². The summed E-state index contributed by atoms with van der Waals surface area (Å²) in [5, 5.41) is 3.50. The fourth-order valence-electron chi connectivity index (χ4n) is 6.99. The van der Waals surface area contributed by atoms with Crippen LogP contribution in [0.5, 0.6) is 11.5 Å². The summed E-state index contributed by atoms with van der Waals surface area (Å²) in [7, 11) is 2.46. The largest absolute Gasteiger partial charge is 1.00 e. The molecule has 3 aliphatic rings. The second kappa shape index (κ2) is 13.2. The maximum absolute atomic E-state index is 14.0. The average Bonchev–Trinajstić information content (AvgIpc) is 2.89. The molecule has 208 valence electrons. The van der Waals surface area contributed by atoms with E-state index in [0.717, 1.165) is 54.2 Å². The summed E-state index contributed by atoms with van der Waals surface area (Å²) in [4.78, 5) is 14.0. The fourth-order valence-corrected chi connectivity index (χ4v) is 6.99. The number of benzene rings is 2. The summed E-state index contributed by atoms with van der Waals surface area (Å²) in [6.45, 7) is 7.99. The van der Waals surface area contributed by atoms with E-state index in [0.29, 0.717) is 0 Å². The predicted molar refractivity (Wildman–Crippen MR) is 151 cm³/mol. The van der Waals surface area contributed by atoms with Crippen molar-refractivity contribution in [2.45, 2.75) is 96.4 Å². The van der Waals surface area contributed by atoms with E-state index in [-0.39, 0.29) is 41.8 Å². The molecule has 2 aliphatic heterocycles. The van der Waals surface area contributed by atoms with Crippen LogP contribution in [0.2, 0.25) is 0 Å². The van der Waals surface area contributed by atoms with Gasteiger partial charge in [-0.25, -0.2) is 0 Å². The molecule has 2 aromatic carbocycles. The molecule has 5 rings (SSSR count). The summed E-state index contributed by atoms with van der Waals surface area (Å²) in [6.07, 6.45) is 14.0. The fraction of sp³-hybridized carbons (Fsp3) is 0.606. The van der Waals surface area contributed by atoms with E-state index < -0.39 is 0 Å². The second-order valence-electron chi connectivity index (χ2n) is 12.2. The van der Waals surface area contributed by atoms with Gasteiger partial charge in [-0.2, -0.15) is 0 Å². The normalized spacial score (nSPS) is 24.1. The maximum Gasteiger partial charge on any atom is 0.232 e. The number of amides is 1. The summed E-state index contributed by atoms with van der Waals surface area (Å²) >= 11 is 0. The minimum absolute atomic E-state index is 0.